The van der Waals surface area contributed by atoms with Gasteiger partial charge in [-0.3, -0.25) is 4.79 Å². The Bertz CT molecular complexity index is 1100. The number of nitrogens with zero attached hydrogens (tertiary/aromatic N) is 3. The number of ether oxygens (including phenoxy) is 3. The Labute approximate surface area is 193 Å². The second-order valence-electron chi connectivity index (χ2n) is 8.39. The quantitative estimate of drug-likeness (QED) is 0.477. The summed E-state index contributed by atoms with van der Waals surface area (Å²) in [6.07, 6.45) is 2.97. The molecule has 1 aliphatic carbocycles. The summed E-state index contributed by atoms with van der Waals surface area (Å²) in [6.45, 7) is 1.07. The predicted molar refractivity (Wildman–Crippen MR) is 123 cm³/mol. The molecule has 8 heteroatoms. The third-order valence-electron chi connectivity index (χ3n) is 5.97. The van der Waals surface area contributed by atoms with Crippen LogP contribution in [-0.2, 0) is 34.5 Å². The van der Waals surface area contributed by atoms with E-state index in [2.05, 4.69) is 4.98 Å². The molecule has 0 saturated heterocycles. The Morgan fingerprint density at radius 3 is 2.76 bits per heavy atom. The van der Waals surface area contributed by atoms with E-state index in [4.69, 9.17) is 14.2 Å². The molecule has 0 bridgehead atoms. The summed E-state index contributed by atoms with van der Waals surface area (Å²) >= 11 is 0. The Morgan fingerprint density at radius 2 is 1.97 bits per heavy atom. The number of imidazole rings is 1. The van der Waals surface area contributed by atoms with Gasteiger partial charge in [0.1, 0.15) is 23.8 Å². The van der Waals surface area contributed by atoms with Crippen LogP contribution in [0.1, 0.15) is 37.1 Å². The summed E-state index contributed by atoms with van der Waals surface area (Å²) in [4.78, 5) is 29.2. The molecule has 33 heavy (non-hydrogen) atoms. The lowest BCUT2D eigenvalue weighted by Crippen LogP contribution is -2.29. The van der Waals surface area contributed by atoms with Gasteiger partial charge in [-0.15, -0.1) is 0 Å². The Balaban J connectivity index is 1.37. The van der Waals surface area contributed by atoms with Gasteiger partial charge in [0.25, 0.3) is 6.47 Å². The van der Waals surface area contributed by atoms with Crippen molar-refractivity contribution < 1.29 is 23.8 Å². The molecule has 1 fully saturated rings. The monoisotopic (exact) mass is 451 g/mol. The SMILES string of the molecule is CN(Cc1ccccc1)C(=O)OCc1nc2cc(O[C@H]3CCC[C@H](OC=O)C3)ccc2n1C. The van der Waals surface area contributed by atoms with E-state index < -0.39 is 6.09 Å². The smallest absolute Gasteiger partial charge is 0.410 e. The van der Waals surface area contributed by atoms with Gasteiger partial charge in [-0.25, -0.2) is 9.78 Å². The minimum absolute atomic E-state index is 0.00504. The van der Waals surface area contributed by atoms with Crippen molar-refractivity contribution in [3.05, 3.63) is 59.9 Å². The molecule has 0 aliphatic heterocycles. The highest BCUT2D eigenvalue weighted by atomic mass is 16.6. The second-order valence-corrected chi connectivity index (χ2v) is 8.39. The third-order valence-corrected chi connectivity index (χ3v) is 5.97. The zero-order valence-corrected chi connectivity index (χ0v) is 19.0. The number of hydrogen-bond donors (Lipinski definition) is 0. The summed E-state index contributed by atoms with van der Waals surface area (Å²) < 4.78 is 18.7. The molecule has 8 nitrogen and oxygen atoms in total. The molecule has 2 aromatic carbocycles. The first kappa shape index (κ1) is 22.6. The van der Waals surface area contributed by atoms with E-state index in [9.17, 15) is 9.59 Å². The minimum atomic E-state index is -0.403. The van der Waals surface area contributed by atoms with Crippen molar-refractivity contribution in [2.75, 3.05) is 7.05 Å². The van der Waals surface area contributed by atoms with Crippen LogP contribution in [0.4, 0.5) is 4.79 Å². The topological polar surface area (TPSA) is 82.9 Å². The van der Waals surface area contributed by atoms with Crippen molar-refractivity contribution >= 4 is 23.6 Å². The maximum atomic E-state index is 12.4. The number of fused-ring (bicyclic) bond motifs is 1. The lowest BCUT2D eigenvalue weighted by molar-refractivity contribution is -0.136. The summed E-state index contributed by atoms with van der Waals surface area (Å²) in [5.74, 6) is 1.38. The van der Waals surface area contributed by atoms with Crippen molar-refractivity contribution in [3.8, 4) is 5.75 Å². The molecule has 0 spiro atoms. The maximum absolute atomic E-state index is 12.4. The van der Waals surface area contributed by atoms with E-state index in [0.29, 0.717) is 25.3 Å². The molecular formula is C25H29N3O5. The number of carbonyl (C=O) groups is 2. The van der Waals surface area contributed by atoms with Gasteiger partial charge in [-0.05, 0) is 37.0 Å². The molecule has 1 saturated carbocycles. The minimum Gasteiger partial charge on any atom is -0.490 e. The van der Waals surface area contributed by atoms with Crippen molar-refractivity contribution in [1.29, 1.82) is 0 Å². The molecule has 4 rings (SSSR count). The fraction of sp³-hybridized carbons (Fsp3) is 0.400. The Morgan fingerprint density at radius 1 is 1.18 bits per heavy atom. The first-order valence-corrected chi connectivity index (χ1v) is 11.2. The number of benzene rings is 2. The number of rotatable bonds is 8. The van der Waals surface area contributed by atoms with Crippen LogP contribution < -0.4 is 4.74 Å². The van der Waals surface area contributed by atoms with Gasteiger partial charge in [-0.2, -0.15) is 0 Å². The van der Waals surface area contributed by atoms with E-state index >= 15 is 0 Å². The number of aryl methyl sites for hydroxylation is 1. The van der Waals surface area contributed by atoms with Crippen molar-refractivity contribution in [2.24, 2.45) is 7.05 Å². The zero-order chi connectivity index (χ0) is 23.2. The van der Waals surface area contributed by atoms with E-state index in [1.54, 1.807) is 7.05 Å². The van der Waals surface area contributed by atoms with Gasteiger partial charge >= 0.3 is 6.09 Å². The van der Waals surface area contributed by atoms with Crippen LogP contribution in [0, 0.1) is 0 Å². The molecule has 1 aliphatic rings. The van der Waals surface area contributed by atoms with Crippen molar-refractivity contribution in [3.63, 3.8) is 0 Å². The standard InChI is InChI=1S/C25H29N3O5/c1-27(15-18-7-4-3-5-8-18)25(30)31-16-24-26-22-14-21(11-12-23(22)28(24)2)33-20-10-6-9-19(13-20)32-17-29/h3-5,7-8,11-12,14,17,19-20H,6,9-10,13,15-16H2,1-2H3/t19-,20-/m0/s1. The molecule has 2 atom stereocenters. The number of amides is 1. The molecular weight excluding hydrogens is 422 g/mol. The molecule has 0 radical (unpaired) electrons. The van der Waals surface area contributed by atoms with Gasteiger partial charge in [0, 0.05) is 33.1 Å². The summed E-state index contributed by atoms with van der Waals surface area (Å²) in [6, 6.07) is 15.5. The highest BCUT2D eigenvalue weighted by Crippen LogP contribution is 2.27. The van der Waals surface area contributed by atoms with Gasteiger partial charge in [0.15, 0.2) is 6.61 Å². The average molecular weight is 452 g/mol. The Hall–Kier alpha value is -3.55. The molecule has 1 amide bonds. The van der Waals surface area contributed by atoms with Crippen LogP contribution in [0.15, 0.2) is 48.5 Å². The van der Waals surface area contributed by atoms with Gasteiger partial charge in [0.05, 0.1) is 11.0 Å². The molecule has 1 aromatic heterocycles. The molecule has 1 heterocycles. The highest BCUT2D eigenvalue weighted by Gasteiger charge is 2.24. The average Bonchev–Trinajstić information content (AvgIpc) is 3.13. The van der Waals surface area contributed by atoms with Crippen molar-refractivity contribution in [1.82, 2.24) is 14.5 Å². The zero-order valence-electron chi connectivity index (χ0n) is 19.0. The number of aromatic nitrogens is 2. The van der Waals surface area contributed by atoms with Crippen LogP contribution in [-0.4, -0.2) is 46.3 Å². The van der Waals surface area contributed by atoms with Crippen LogP contribution in [0.2, 0.25) is 0 Å². The number of hydrogen-bond acceptors (Lipinski definition) is 6. The Kier molecular flexibility index (Phi) is 7.12. The van der Waals surface area contributed by atoms with Gasteiger partial charge in [0.2, 0.25) is 0 Å². The van der Waals surface area contributed by atoms with E-state index in [0.717, 1.165) is 41.6 Å². The third kappa shape index (κ3) is 5.63. The highest BCUT2D eigenvalue weighted by molar-refractivity contribution is 5.77. The fourth-order valence-electron chi connectivity index (χ4n) is 4.19. The molecule has 0 N–H and O–H groups in total. The fourth-order valence-corrected chi connectivity index (χ4v) is 4.19. The summed E-state index contributed by atoms with van der Waals surface area (Å²) in [5, 5.41) is 0. The lowest BCUT2D eigenvalue weighted by Gasteiger charge is -2.28. The maximum Gasteiger partial charge on any atom is 0.410 e. The van der Waals surface area contributed by atoms with Crippen LogP contribution in [0.25, 0.3) is 11.0 Å². The largest absolute Gasteiger partial charge is 0.490 e. The summed E-state index contributed by atoms with van der Waals surface area (Å²) in [7, 11) is 3.61. The van der Waals surface area contributed by atoms with Gasteiger partial charge in [-0.1, -0.05) is 30.3 Å². The molecule has 0 unspecified atom stereocenters. The first-order chi connectivity index (χ1) is 16.0. The molecule has 174 valence electrons. The van der Waals surface area contributed by atoms with Crippen LogP contribution in [0.5, 0.6) is 5.75 Å². The predicted octanol–water partition coefficient (Wildman–Crippen LogP) is 4.20. The summed E-state index contributed by atoms with van der Waals surface area (Å²) in [5.41, 5.74) is 2.74. The van der Waals surface area contributed by atoms with Crippen molar-refractivity contribution in [2.45, 2.75) is 51.0 Å². The van der Waals surface area contributed by atoms with E-state index in [1.807, 2.05) is 60.1 Å². The first-order valence-electron chi connectivity index (χ1n) is 11.2. The second kappa shape index (κ2) is 10.4. The van der Waals surface area contributed by atoms with Gasteiger partial charge < -0.3 is 23.7 Å². The van der Waals surface area contributed by atoms with Crippen LogP contribution >= 0.6 is 0 Å². The molecule has 3 aromatic rings. The van der Waals surface area contributed by atoms with E-state index in [1.165, 1.54) is 4.90 Å². The van der Waals surface area contributed by atoms with Crippen LogP contribution in [0.3, 0.4) is 0 Å². The number of carbonyl (C=O) groups excluding carboxylic acids is 2. The lowest BCUT2D eigenvalue weighted by atomic mass is 9.95. The van der Waals surface area contributed by atoms with E-state index in [-0.39, 0.29) is 18.8 Å². The normalized spacial score (nSPS) is 18.0.